The quantitative estimate of drug-likeness (QED) is 0.677. The summed E-state index contributed by atoms with van der Waals surface area (Å²) in [5.41, 5.74) is 11.2. The molecule has 0 aromatic rings. The molecule has 17 heavy (non-hydrogen) atoms. The van der Waals surface area contributed by atoms with Crippen molar-refractivity contribution in [1.29, 1.82) is 0 Å². The number of rotatable bonds is 2. The van der Waals surface area contributed by atoms with Crippen LogP contribution in [0.3, 0.4) is 0 Å². The van der Waals surface area contributed by atoms with Gasteiger partial charge in [0.25, 0.3) is 0 Å². The maximum Gasteiger partial charge on any atom is 0.172 e. The average molecular weight is 246 g/mol. The maximum absolute atomic E-state index is 5.72. The highest BCUT2D eigenvalue weighted by atomic mass is 16.7. The third-order valence-corrected chi connectivity index (χ3v) is 3.07. The maximum atomic E-state index is 5.72. The lowest BCUT2D eigenvalue weighted by Gasteiger charge is -2.44. The second-order valence-corrected chi connectivity index (χ2v) is 5.20. The van der Waals surface area contributed by atoms with Gasteiger partial charge in [-0.15, -0.1) is 0 Å². The number of nitrogens with two attached hydrogens (primary N) is 2. The summed E-state index contributed by atoms with van der Waals surface area (Å²) in [6.45, 7) is 5.91. The van der Waals surface area contributed by atoms with Gasteiger partial charge in [-0.25, -0.2) is 0 Å². The fourth-order valence-corrected chi connectivity index (χ4v) is 1.99. The zero-order valence-corrected chi connectivity index (χ0v) is 10.4. The van der Waals surface area contributed by atoms with Crippen molar-refractivity contribution >= 4 is 0 Å². The van der Waals surface area contributed by atoms with Crippen molar-refractivity contribution in [2.24, 2.45) is 16.9 Å². The Bertz CT molecular complexity index is 214. The van der Waals surface area contributed by atoms with Crippen LogP contribution >= 0.6 is 0 Å². The topological polar surface area (TPSA) is 89.0 Å². The molecule has 6 heteroatoms. The Morgan fingerprint density at radius 2 is 1.12 bits per heavy atom. The fourth-order valence-electron chi connectivity index (χ4n) is 1.99. The second-order valence-electron chi connectivity index (χ2n) is 5.20. The van der Waals surface area contributed by atoms with Crippen molar-refractivity contribution in [3.8, 4) is 0 Å². The van der Waals surface area contributed by atoms with Crippen LogP contribution in [-0.4, -0.2) is 51.1 Å². The Hall–Kier alpha value is -0.240. The van der Waals surface area contributed by atoms with Crippen LogP contribution in [0.2, 0.25) is 0 Å². The summed E-state index contributed by atoms with van der Waals surface area (Å²) < 4.78 is 22.4. The van der Waals surface area contributed by atoms with E-state index in [1.165, 1.54) is 0 Å². The zero-order valence-electron chi connectivity index (χ0n) is 10.4. The lowest BCUT2D eigenvalue weighted by Crippen LogP contribution is -2.56. The summed E-state index contributed by atoms with van der Waals surface area (Å²) in [6, 6.07) is -0.260. The minimum absolute atomic E-state index is 0.130. The van der Waals surface area contributed by atoms with Gasteiger partial charge in [-0.3, -0.25) is 0 Å². The molecule has 2 aliphatic rings. The van der Waals surface area contributed by atoms with E-state index in [0.717, 1.165) is 0 Å². The Morgan fingerprint density at radius 3 is 1.35 bits per heavy atom. The molecular formula is C11H22N2O4. The largest absolute Gasteiger partial charge is 0.350 e. The highest BCUT2D eigenvalue weighted by Crippen LogP contribution is 2.30. The first-order valence-corrected chi connectivity index (χ1v) is 6.00. The molecule has 2 atom stereocenters. The molecule has 2 heterocycles. The Kier molecular flexibility index (Phi) is 4.02. The van der Waals surface area contributed by atoms with Gasteiger partial charge in [-0.2, -0.15) is 0 Å². The van der Waals surface area contributed by atoms with Gasteiger partial charge in [0.15, 0.2) is 12.6 Å². The Morgan fingerprint density at radius 1 is 0.824 bits per heavy atom. The van der Waals surface area contributed by atoms with E-state index in [-0.39, 0.29) is 30.1 Å². The van der Waals surface area contributed by atoms with Crippen molar-refractivity contribution < 1.29 is 18.9 Å². The van der Waals surface area contributed by atoms with E-state index in [1.54, 1.807) is 0 Å². The molecular weight excluding hydrogens is 224 g/mol. The molecule has 0 aliphatic carbocycles. The highest BCUT2D eigenvalue weighted by Gasteiger charge is 2.43. The molecule has 1 spiro atoms. The van der Waals surface area contributed by atoms with Gasteiger partial charge < -0.3 is 30.4 Å². The molecule has 0 saturated carbocycles. The molecule has 0 radical (unpaired) electrons. The van der Waals surface area contributed by atoms with Gasteiger partial charge in [0, 0.05) is 0 Å². The third-order valence-electron chi connectivity index (χ3n) is 3.07. The summed E-state index contributed by atoms with van der Waals surface area (Å²) in [6.07, 6.45) is -0.654. The van der Waals surface area contributed by atoms with Crippen molar-refractivity contribution in [3.63, 3.8) is 0 Å². The van der Waals surface area contributed by atoms with E-state index in [4.69, 9.17) is 30.4 Å². The normalized spacial score (nSPS) is 42.4. The predicted molar refractivity (Wildman–Crippen MR) is 61.1 cm³/mol. The SMILES string of the molecule is CC(N)C1OCC2(CO1)COC(C(C)N)OC2. The van der Waals surface area contributed by atoms with Gasteiger partial charge in [-0.1, -0.05) is 0 Å². The van der Waals surface area contributed by atoms with Crippen LogP contribution in [-0.2, 0) is 18.9 Å². The third kappa shape index (κ3) is 2.96. The monoisotopic (exact) mass is 246 g/mol. The molecule has 2 aliphatic heterocycles. The Balaban J connectivity index is 1.84. The molecule has 2 rings (SSSR count). The molecule has 2 unspecified atom stereocenters. The van der Waals surface area contributed by atoms with Gasteiger partial charge in [0.2, 0.25) is 0 Å². The standard InChI is InChI=1S/C11H22N2O4/c1-7(12)9-14-3-11(4-15-9)5-16-10(8(2)13)17-6-11/h7-10H,3-6,12-13H2,1-2H3. The van der Waals surface area contributed by atoms with Gasteiger partial charge >= 0.3 is 0 Å². The molecule has 2 saturated heterocycles. The summed E-state index contributed by atoms with van der Waals surface area (Å²) in [5, 5.41) is 0. The van der Waals surface area contributed by atoms with Gasteiger partial charge in [0.1, 0.15) is 0 Å². The average Bonchev–Trinajstić information content (AvgIpc) is 2.30. The number of hydrogen-bond acceptors (Lipinski definition) is 6. The van der Waals surface area contributed by atoms with Gasteiger partial charge in [-0.05, 0) is 13.8 Å². The molecule has 0 amide bonds. The van der Waals surface area contributed by atoms with Crippen LogP contribution in [0.1, 0.15) is 13.8 Å². The molecule has 2 fully saturated rings. The van der Waals surface area contributed by atoms with E-state index >= 15 is 0 Å². The predicted octanol–water partition coefficient (Wildman–Crippen LogP) is -0.587. The molecule has 4 N–H and O–H groups in total. The van der Waals surface area contributed by atoms with Crippen LogP contribution in [0.5, 0.6) is 0 Å². The Labute approximate surface area is 102 Å². The summed E-state index contributed by atoms with van der Waals surface area (Å²) in [7, 11) is 0. The van der Waals surface area contributed by atoms with E-state index in [0.29, 0.717) is 26.4 Å². The van der Waals surface area contributed by atoms with Crippen LogP contribution in [0.25, 0.3) is 0 Å². The highest BCUT2D eigenvalue weighted by molar-refractivity contribution is 4.86. The van der Waals surface area contributed by atoms with Crippen molar-refractivity contribution in [3.05, 3.63) is 0 Å². The summed E-state index contributed by atoms with van der Waals surface area (Å²) in [4.78, 5) is 0. The van der Waals surface area contributed by atoms with Crippen molar-refractivity contribution in [2.45, 2.75) is 38.5 Å². The van der Waals surface area contributed by atoms with E-state index in [1.807, 2.05) is 13.8 Å². The van der Waals surface area contributed by atoms with E-state index < -0.39 is 0 Å². The van der Waals surface area contributed by atoms with Crippen LogP contribution in [0.15, 0.2) is 0 Å². The van der Waals surface area contributed by atoms with Gasteiger partial charge in [0.05, 0.1) is 43.9 Å². The fraction of sp³-hybridized carbons (Fsp3) is 1.00. The van der Waals surface area contributed by atoms with Crippen molar-refractivity contribution in [1.82, 2.24) is 0 Å². The minimum Gasteiger partial charge on any atom is -0.350 e. The smallest absolute Gasteiger partial charge is 0.172 e. The van der Waals surface area contributed by atoms with E-state index in [9.17, 15) is 0 Å². The molecule has 0 aromatic heterocycles. The molecule has 0 aromatic carbocycles. The lowest BCUT2D eigenvalue weighted by molar-refractivity contribution is -0.307. The first-order chi connectivity index (χ1) is 8.02. The number of hydrogen-bond donors (Lipinski definition) is 2. The molecule has 0 bridgehead atoms. The summed E-state index contributed by atoms with van der Waals surface area (Å²) in [5.74, 6) is 0. The first kappa shape index (κ1) is 13.2. The summed E-state index contributed by atoms with van der Waals surface area (Å²) >= 11 is 0. The minimum atomic E-state index is -0.327. The first-order valence-electron chi connectivity index (χ1n) is 6.00. The molecule has 100 valence electrons. The second kappa shape index (κ2) is 5.17. The van der Waals surface area contributed by atoms with Crippen molar-refractivity contribution in [2.75, 3.05) is 26.4 Å². The van der Waals surface area contributed by atoms with Crippen LogP contribution < -0.4 is 11.5 Å². The zero-order chi connectivity index (χ0) is 12.5. The molecule has 6 nitrogen and oxygen atoms in total. The van der Waals surface area contributed by atoms with E-state index in [2.05, 4.69) is 0 Å². The lowest BCUT2D eigenvalue weighted by atomic mass is 9.90. The van der Waals surface area contributed by atoms with Crippen LogP contribution in [0.4, 0.5) is 0 Å². The number of ether oxygens (including phenoxy) is 4. The van der Waals surface area contributed by atoms with Crippen LogP contribution in [0, 0.1) is 5.41 Å².